The molecule has 5 heteroatoms. The average Bonchev–Trinajstić information content (AvgIpc) is 2.91. The molecule has 0 saturated carbocycles. The molecule has 0 bridgehead atoms. The summed E-state index contributed by atoms with van der Waals surface area (Å²) in [6.07, 6.45) is 1.54. The van der Waals surface area contributed by atoms with Crippen LogP contribution in [0.5, 0.6) is 0 Å². The van der Waals surface area contributed by atoms with Crippen molar-refractivity contribution in [2.24, 2.45) is 0 Å². The lowest BCUT2D eigenvalue weighted by molar-refractivity contribution is -0.112. The van der Waals surface area contributed by atoms with Crippen LogP contribution in [0.3, 0.4) is 0 Å². The van der Waals surface area contributed by atoms with Crippen molar-refractivity contribution < 1.29 is 4.79 Å². The largest absolute Gasteiger partial charge is 0.320 e. The fourth-order valence-electron chi connectivity index (χ4n) is 1.42. The molecule has 0 unspecified atom stereocenters. The predicted octanol–water partition coefficient (Wildman–Crippen LogP) is 3.95. The smallest absolute Gasteiger partial charge is 0.266 e. The molecule has 0 aliphatic carbocycles. The van der Waals surface area contributed by atoms with Gasteiger partial charge in [0.1, 0.15) is 11.6 Å². The zero-order valence-electron chi connectivity index (χ0n) is 9.76. The fraction of sp³-hybridized carbons (Fsp3) is 0. The summed E-state index contributed by atoms with van der Waals surface area (Å²) >= 11 is 7.45. The maximum Gasteiger partial charge on any atom is 0.266 e. The number of carbonyl (C=O) groups excluding carboxylic acids is 1. The van der Waals surface area contributed by atoms with Crippen LogP contribution in [0.15, 0.2) is 46.7 Å². The Morgan fingerprint density at radius 3 is 2.79 bits per heavy atom. The lowest BCUT2D eigenvalue weighted by Crippen LogP contribution is -2.13. The van der Waals surface area contributed by atoms with Gasteiger partial charge >= 0.3 is 0 Å². The van der Waals surface area contributed by atoms with Crippen LogP contribution in [0.2, 0.25) is 5.02 Å². The van der Waals surface area contributed by atoms with Gasteiger partial charge in [-0.2, -0.15) is 16.6 Å². The van der Waals surface area contributed by atoms with E-state index >= 15 is 0 Å². The van der Waals surface area contributed by atoms with E-state index in [0.29, 0.717) is 10.7 Å². The first-order valence-electron chi connectivity index (χ1n) is 5.40. The van der Waals surface area contributed by atoms with Crippen molar-refractivity contribution in [3.05, 3.63) is 57.3 Å². The topological polar surface area (TPSA) is 52.9 Å². The van der Waals surface area contributed by atoms with E-state index in [0.717, 1.165) is 5.56 Å². The van der Waals surface area contributed by atoms with E-state index in [4.69, 9.17) is 16.9 Å². The summed E-state index contributed by atoms with van der Waals surface area (Å²) in [4.78, 5) is 12.0. The molecule has 0 aliphatic rings. The highest BCUT2D eigenvalue weighted by Gasteiger charge is 2.11. The molecule has 1 aromatic carbocycles. The van der Waals surface area contributed by atoms with Gasteiger partial charge in [0.25, 0.3) is 5.91 Å². The lowest BCUT2D eigenvalue weighted by Gasteiger charge is -2.05. The Hall–Kier alpha value is -2.09. The molecular weight excluding hydrogens is 280 g/mol. The average molecular weight is 289 g/mol. The highest BCUT2D eigenvalue weighted by Crippen LogP contribution is 2.21. The third-order valence-electron chi connectivity index (χ3n) is 2.34. The van der Waals surface area contributed by atoms with Crippen molar-refractivity contribution in [2.45, 2.75) is 0 Å². The lowest BCUT2D eigenvalue weighted by atomic mass is 10.2. The van der Waals surface area contributed by atoms with Gasteiger partial charge in [-0.3, -0.25) is 4.79 Å². The van der Waals surface area contributed by atoms with Crippen molar-refractivity contribution in [1.29, 1.82) is 5.26 Å². The number of para-hydroxylation sites is 1. The molecule has 2 rings (SSSR count). The maximum atomic E-state index is 12.0. The highest BCUT2D eigenvalue weighted by molar-refractivity contribution is 7.08. The minimum Gasteiger partial charge on any atom is -0.320 e. The minimum atomic E-state index is -0.471. The minimum absolute atomic E-state index is 0.0401. The molecule has 1 heterocycles. The Morgan fingerprint density at radius 1 is 1.37 bits per heavy atom. The fourth-order valence-corrected chi connectivity index (χ4v) is 2.23. The molecule has 1 N–H and O–H groups in total. The van der Waals surface area contributed by atoms with Crippen LogP contribution in [0, 0.1) is 11.3 Å². The Balaban J connectivity index is 2.19. The van der Waals surface area contributed by atoms with Crippen molar-refractivity contribution >= 4 is 40.6 Å². The molecule has 2 aromatic rings. The molecule has 94 valence electrons. The number of nitrogens with zero attached hydrogens (tertiary/aromatic N) is 1. The molecule has 0 saturated heterocycles. The van der Waals surface area contributed by atoms with E-state index < -0.39 is 5.91 Å². The Labute approximate surface area is 119 Å². The summed E-state index contributed by atoms with van der Waals surface area (Å²) in [7, 11) is 0. The Bertz CT molecular complexity index is 656. The molecule has 3 nitrogen and oxygen atoms in total. The van der Waals surface area contributed by atoms with Crippen molar-refractivity contribution in [3.63, 3.8) is 0 Å². The monoisotopic (exact) mass is 288 g/mol. The number of nitrogens with one attached hydrogen (secondary N) is 1. The second-order valence-corrected chi connectivity index (χ2v) is 4.85. The van der Waals surface area contributed by atoms with Crippen LogP contribution in [0.25, 0.3) is 6.08 Å². The van der Waals surface area contributed by atoms with Gasteiger partial charge in [0.2, 0.25) is 0 Å². The summed E-state index contributed by atoms with van der Waals surface area (Å²) < 4.78 is 0. The van der Waals surface area contributed by atoms with E-state index in [9.17, 15) is 4.79 Å². The van der Waals surface area contributed by atoms with Gasteiger partial charge < -0.3 is 5.32 Å². The number of thiophene rings is 1. The second kappa shape index (κ2) is 6.19. The number of halogens is 1. The van der Waals surface area contributed by atoms with Crippen LogP contribution in [0.1, 0.15) is 5.56 Å². The molecular formula is C14H9ClN2OS. The van der Waals surface area contributed by atoms with Crippen LogP contribution in [-0.4, -0.2) is 5.91 Å². The molecule has 1 amide bonds. The highest BCUT2D eigenvalue weighted by atomic mass is 35.5. The summed E-state index contributed by atoms with van der Waals surface area (Å²) in [6, 6.07) is 10.6. The number of nitriles is 1. The maximum absolute atomic E-state index is 12.0. The van der Waals surface area contributed by atoms with Crippen molar-refractivity contribution in [3.8, 4) is 6.07 Å². The van der Waals surface area contributed by atoms with Gasteiger partial charge in [-0.05, 0) is 40.6 Å². The number of anilines is 1. The van der Waals surface area contributed by atoms with Gasteiger partial charge in [0.15, 0.2) is 0 Å². The number of carbonyl (C=O) groups is 1. The molecule has 0 radical (unpaired) electrons. The van der Waals surface area contributed by atoms with E-state index in [1.54, 1.807) is 30.3 Å². The van der Waals surface area contributed by atoms with Crippen molar-refractivity contribution in [2.75, 3.05) is 5.32 Å². The third kappa shape index (κ3) is 3.44. The Morgan fingerprint density at radius 2 is 2.16 bits per heavy atom. The Kier molecular flexibility index (Phi) is 4.35. The molecule has 0 fully saturated rings. The number of amides is 1. The first kappa shape index (κ1) is 13.3. The molecule has 19 heavy (non-hydrogen) atoms. The predicted molar refractivity (Wildman–Crippen MR) is 78.0 cm³/mol. The quantitative estimate of drug-likeness (QED) is 0.687. The zero-order chi connectivity index (χ0) is 13.7. The third-order valence-corrected chi connectivity index (χ3v) is 3.37. The first-order valence-corrected chi connectivity index (χ1v) is 6.72. The first-order chi connectivity index (χ1) is 9.20. The van der Waals surface area contributed by atoms with Gasteiger partial charge in [-0.25, -0.2) is 0 Å². The van der Waals surface area contributed by atoms with Crippen molar-refractivity contribution in [1.82, 2.24) is 0 Å². The van der Waals surface area contributed by atoms with Gasteiger partial charge in [0.05, 0.1) is 10.7 Å². The van der Waals surface area contributed by atoms with Crippen LogP contribution < -0.4 is 5.32 Å². The standard InChI is InChI=1S/C14H9ClN2OS/c15-12-3-1-2-4-13(12)17-14(18)11(8-16)7-10-5-6-19-9-10/h1-7,9H,(H,17,18). The number of rotatable bonds is 3. The zero-order valence-corrected chi connectivity index (χ0v) is 11.3. The molecule has 0 spiro atoms. The molecule has 1 aromatic heterocycles. The summed E-state index contributed by atoms with van der Waals surface area (Å²) in [5.41, 5.74) is 1.36. The van der Waals surface area contributed by atoms with Crippen LogP contribution >= 0.6 is 22.9 Å². The van der Waals surface area contributed by atoms with Gasteiger partial charge in [-0.15, -0.1) is 0 Å². The van der Waals surface area contributed by atoms with E-state index in [-0.39, 0.29) is 5.57 Å². The number of hydrogen-bond donors (Lipinski definition) is 1. The van der Waals surface area contributed by atoms with E-state index in [1.807, 2.05) is 22.9 Å². The summed E-state index contributed by atoms with van der Waals surface area (Å²) in [5, 5.41) is 15.8. The second-order valence-electron chi connectivity index (χ2n) is 3.66. The van der Waals surface area contributed by atoms with Crippen LogP contribution in [0.4, 0.5) is 5.69 Å². The summed E-state index contributed by atoms with van der Waals surface area (Å²) in [5.74, 6) is -0.471. The molecule has 0 aliphatic heterocycles. The summed E-state index contributed by atoms with van der Waals surface area (Å²) in [6.45, 7) is 0. The van der Waals surface area contributed by atoms with E-state index in [1.165, 1.54) is 11.3 Å². The van der Waals surface area contributed by atoms with Gasteiger partial charge in [-0.1, -0.05) is 23.7 Å². The number of benzene rings is 1. The normalized spacial score (nSPS) is 10.8. The van der Waals surface area contributed by atoms with Gasteiger partial charge in [0, 0.05) is 0 Å². The number of hydrogen-bond acceptors (Lipinski definition) is 3. The van der Waals surface area contributed by atoms with E-state index in [2.05, 4.69) is 5.32 Å². The SMILES string of the molecule is N#CC(=Cc1ccsc1)C(=O)Nc1ccccc1Cl. The van der Waals surface area contributed by atoms with Crippen LogP contribution in [-0.2, 0) is 4.79 Å². The molecule has 0 atom stereocenters.